The topological polar surface area (TPSA) is 75.4 Å². The van der Waals surface area contributed by atoms with Crippen LogP contribution < -0.4 is 11.1 Å². The van der Waals surface area contributed by atoms with Gasteiger partial charge in [-0.2, -0.15) is 0 Å². The summed E-state index contributed by atoms with van der Waals surface area (Å²) in [6.07, 6.45) is 2.41. The number of hydrogen-bond donors (Lipinski definition) is 2. The molecule has 2 amide bonds. The SMILES string of the molecule is CC(=O)NC1CCCN(C(=O)CC(C)CN)C1. The Labute approximate surface area is 103 Å². The molecule has 1 aliphatic heterocycles. The number of rotatable bonds is 4. The average molecular weight is 241 g/mol. The summed E-state index contributed by atoms with van der Waals surface area (Å²) in [5, 5.41) is 2.88. The molecule has 1 saturated heterocycles. The molecule has 5 heteroatoms. The standard InChI is InChI=1S/C12H23N3O2/c1-9(7-13)6-12(17)15-5-3-4-11(8-15)14-10(2)16/h9,11H,3-8,13H2,1-2H3,(H,14,16). The van der Waals surface area contributed by atoms with Gasteiger partial charge in [0.2, 0.25) is 11.8 Å². The monoisotopic (exact) mass is 241 g/mol. The largest absolute Gasteiger partial charge is 0.352 e. The number of carbonyl (C=O) groups excluding carboxylic acids is 2. The highest BCUT2D eigenvalue weighted by Crippen LogP contribution is 2.13. The van der Waals surface area contributed by atoms with Crippen LogP contribution in [-0.2, 0) is 9.59 Å². The van der Waals surface area contributed by atoms with Crippen LogP contribution in [-0.4, -0.2) is 42.4 Å². The molecule has 1 aliphatic rings. The first-order valence-corrected chi connectivity index (χ1v) is 6.28. The fourth-order valence-corrected chi connectivity index (χ4v) is 2.12. The van der Waals surface area contributed by atoms with Crippen LogP contribution in [0, 0.1) is 5.92 Å². The van der Waals surface area contributed by atoms with Crippen molar-refractivity contribution in [1.29, 1.82) is 0 Å². The quantitative estimate of drug-likeness (QED) is 0.733. The van der Waals surface area contributed by atoms with Crippen LogP contribution in [0.4, 0.5) is 0 Å². The molecule has 0 saturated carbocycles. The van der Waals surface area contributed by atoms with Gasteiger partial charge in [0, 0.05) is 32.5 Å². The van der Waals surface area contributed by atoms with Gasteiger partial charge in [0.1, 0.15) is 0 Å². The highest BCUT2D eigenvalue weighted by atomic mass is 16.2. The number of likely N-dealkylation sites (tertiary alicyclic amines) is 1. The first-order valence-electron chi connectivity index (χ1n) is 6.28. The molecular weight excluding hydrogens is 218 g/mol. The van der Waals surface area contributed by atoms with E-state index in [0.29, 0.717) is 19.5 Å². The van der Waals surface area contributed by atoms with Crippen LogP contribution in [0.2, 0.25) is 0 Å². The third-order valence-electron chi connectivity index (χ3n) is 3.11. The zero-order valence-electron chi connectivity index (χ0n) is 10.7. The van der Waals surface area contributed by atoms with Crippen molar-refractivity contribution in [2.24, 2.45) is 11.7 Å². The predicted octanol–water partition coefficient (Wildman–Crippen LogP) is 0.0984. The van der Waals surface area contributed by atoms with Crippen molar-refractivity contribution >= 4 is 11.8 Å². The van der Waals surface area contributed by atoms with Crippen molar-refractivity contribution in [3.05, 3.63) is 0 Å². The Balaban J connectivity index is 2.43. The smallest absolute Gasteiger partial charge is 0.222 e. The van der Waals surface area contributed by atoms with E-state index in [9.17, 15) is 9.59 Å². The molecule has 1 rings (SSSR count). The van der Waals surface area contributed by atoms with Crippen molar-refractivity contribution in [2.75, 3.05) is 19.6 Å². The zero-order chi connectivity index (χ0) is 12.8. The van der Waals surface area contributed by atoms with Gasteiger partial charge in [0.15, 0.2) is 0 Å². The minimum absolute atomic E-state index is 0.0281. The molecule has 0 bridgehead atoms. The normalized spacial score (nSPS) is 22.1. The third kappa shape index (κ3) is 4.73. The summed E-state index contributed by atoms with van der Waals surface area (Å²) < 4.78 is 0. The number of piperidine rings is 1. The maximum atomic E-state index is 12.0. The first kappa shape index (κ1) is 14.0. The van der Waals surface area contributed by atoms with Crippen LogP contribution in [0.15, 0.2) is 0 Å². The molecule has 2 unspecified atom stereocenters. The Bertz CT molecular complexity index is 281. The Morgan fingerprint density at radius 1 is 1.53 bits per heavy atom. The molecule has 98 valence electrons. The molecule has 0 aromatic heterocycles. The summed E-state index contributed by atoms with van der Waals surface area (Å²) in [5.74, 6) is 0.348. The van der Waals surface area contributed by atoms with Gasteiger partial charge in [-0.3, -0.25) is 9.59 Å². The lowest BCUT2D eigenvalue weighted by Crippen LogP contribution is -2.49. The second-order valence-corrected chi connectivity index (χ2v) is 4.92. The summed E-state index contributed by atoms with van der Waals surface area (Å²) in [6, 6.07) is 0.110. The van der Waals surface area contributed by atoms with Crippen LogP contribution in [0.25, 0.3) is 0 Å². The molecule has 0 aliphatic carbocycles. The number of nitrogens with two attached hydrogens (primary N) is 1. The van der Waals surface area contributed by atoms with E-state index in [2.05, 4.69) is 5.32 Å². The Morgan fingerprint density at radius 2 is 2.24 bits per heavy atom. The number of nitrogens with one attached hydrogen (secondary N) is 1. The van der Waals surface area contributed by atoms with E-state index in [0.717, 1.165) is 19.4 Å². The van der Waals surface area contributed by atoms with E-state index in [-0.39, 0.29) is 23.8 Å². The Hall–Kier alpha value is -1.10. The highest BCUT2D eigenvalue weighted by molar-refractivity contribution is 5.77. The number of nitrogens with zero attached hydrogens (tertiary/aromatic N) is 1. The van der Waals surface area contributed by atoms with E-state index in [1.54, 1.807) is 0 Å². The zero-order valence-corrected chi connectivity index (χ0v) is 10.7. The van der Waals surface area contributed by atoms with E-state index in [1.165, 1.54) is 6.92 Å². The first-order chi connectivity index (χ1) is 8.02. The number of amides is 2. The van der Waals surface area contributed by atoms with Gasteiger partial charge in [-0.25, -0.2) is 0 Å². The summed E-state index contributed by atoms with van der Waals surface area (Å²) in [5.41, 5.74) is 5.52. The summed E-state index contributed by atoms with van der Waals surface area (Å²) >= 11 is 0. The van der Waals surface area contributed by atoms with Gasteiger partial charge in [0.05, 0.1) is 0 Å². The van der Waals surface area contributed by atoms with Gasteiger partial charge in [0.25, 0.3) is 0 Å². The van der Waals surface area contributed by atoms with E-state index >= 15 is 0 Å². The van der Waals surface area contributed by atoms with Crippen molar-refractivity contribution in [3.8, 4) is 0 Å². The summed E-state index contributed by atoms with van der Waals surface area (Å²) in [6.45, 7) is 5.46. The van der Waals surface area contributed by atoms with Gasteiger partial charge in [-0.1, -0.05) is 6.92 Å². The fraction of sp³-hybridized carbons (Fsp3) is 0.833. The molecule has 1 heterocycles. The van der Waals surface area contributed by atoms with Crippen LogP contribution in [0.5, 0.6) is 0 Å². The Kier molecular flexibility index (Phi) is 5.41. The predicted molar refractivity (Wildman–Crippen MR) is 66.3 cm³/mol. The van der Waals surface area contributed by atoms with E-state index in [4.69, 9.17) is 5.73 Å². The van der Waals surface area contributed by atoms with E-state index in [1.807, 2.05) is 11.8 Å². The maximum absolute atomic E-state index is 12.0. The van der Waals surface area contributed by atoms with Crippen molar-refractivity contribution < 1.29 is 9.59 Å². The van der Waals surface area contributed by atoms with Crippen molar-refractivity contribution in [1.82, 2.24) is 10.2 Å². The lowest BCUT2D eigenvalue weighted by Gasteiger charge is -2.33. The number of hydrogen-bond acceptors (Lipinski definition) is 3. The molecule has 3 N–H and O–H groups in total. The summed E-state index contributed by atoms with van der Waals surface area (Å²) in [7, 11) is 0. The molecule has 2 atom stereocenters. The van der Waals surface area contributed by atoms with Gasteiger partial charge >= 0.3 is 0 Å². The van der Waals surface area contributed by atoms with Gasteiger partial charge in [-0.15, -0.1) is 0 Å². The van der Waals surface area contributed by atoms with Crippen LogP contribution in [0.1, 0.15) is 33.1 Å². The van der Waals surface area contributed by atoms with Crippen LogP contribution >= 0.6 is 0 Å². The molecule has 0 radical (unpaired) electrons. The molecule has 5 nitrogen and oxygen atoms in total. The maximum Gasteiger partial charge on any atom is 0.222 e. The van der Waals surface area contributed by atoms with Crippen molar-refractivity contribution in [3.63, 3.8) is 0 Å². The van der Waals surface area contributed by atoms with Crippen LogP contribution in [0.3, 0.4) is 0 Å². The molecule has 0 spiro atoms. The lowest BCUT2D eigenvalue weighted by molar-refractivity contribution is -0.134. The second-order valence-electron chi connectivity index (χ2n) is 4.92. The highest BCUT2D eigenvalue weighted by Gasteiger charge is 2.24. The summed E-state index contributed by atoms with van der Waals surface area (Å²) in [4.78, 5) is 24.8. The minimum atomic E-state index is -0.0281. The van der Waals surface area contributed by atoms with E-state index < -0.39 is 0 Å². The van der Waals surface area contributed by atoms with Crippen molar-refractivity contribution in [2.45, 2.75) is 39.2 Å². The fourth-order valence-electron chi connectivity index (χ4n) is 2.12. The minimum Gasteiger partial charge on any atom is -0.352 e. The van der Waals surface area contributed by atoms with Gasteiger partial charge < -0.3 is 16.0 Å². The molecule has 0 aromatic rings. The molecular formula is C12H23N3O2. The molecule has 17 heavy (non-hydrogen) atoms. The average Bonchev–Trinajstić information content (AvgIpc) is 2.28. The third-order valence-corrected chi connectivity index (χ3v) is 3.11. The Morgan fingerprint density at radius 3 is 2.82 bits per heavy atom. The van der Waals surface area contributed by atoms with Gasteiger partial charge in [-0.05, 0) is 25.3 Å². The lowest BCUT2D eigenvalue weighted by atomic mass is 10.0. The molecule has 0 aromatic carbocycles. The molecule has 1 fully saturated rings. The number of carbonyl (C=O) groups is 2. The second kappa shape index (κ2) is 6.59.